The third-order valence-corrected chi connectivity index (χ3v) is 5.24. The van der Waals surface area contributed by atoms with Crippen LogP contribution in [0.15, 0.2) is 36.2 Å². The topological polar surface area (TPSA) is 25.2 Å². The number of likely N-dealkylation sites (N-methyl/N-ethyl adjacent to an activating group) is 1. The van der Waals surface area contributed by atoms with Crippen molar-refractivity contribution in [1.29, 1.82) is 0 Å². The zero-order valence-corrected chi connectivity index (χ0v) is 14.6. The molecule has 0 aromatic carbocycles. The van der Waals surface area contributed by atoms with E-state index in [0.717, 1.165) is 23.5 Å². The summed E-state index contributed by atoms with van der Waals surface area (Å²) in [6.45, 7) is 11.1. The van der Waals surface area contributed by atoms with Gasteiger partial charge < -0.3 is 4.57 Å². The Bertz CT molecular complexity index is 655. The van der Waals surface area contributed by atoms with Gasteiger partial charge in [0.2, 0.25) is 0 Å². The molecule has 1 atom stereocenters. The maximum Gasteiger partial charge on any atom is 0.178 e. The Morgan fingerprint density at radius 1 is 1.50 bits per heavy atom. The van der Waals surface area contributed by atoms with E-state index >= 15 is 0 Å². The molecule has 2 aromatic heterocycles. The van der Waals surface area contributed by atoms with E-state index in [2.05, 4.69) is 40.5 Å². The largest absolute Gasteiger partial charge is 0.345 e. The normalized spacial score (nSPS) is 12.6. The highest BCUT2D eigenvalue weighted by atomic mass is 32.1. The number of Topliss-reactive ketones (excluding diaryl/α,β-unsaturated/α-hetero) is 1. The molecule has 22 heavy (non-hydrogen) atoms. The van der Waals surface area contributed by atoms with E-state index in [1.54, 1.807) is 11.3 Å². The van der Waals surface area contributed by atoms with Crippen LogP contribution in [0.1, 0.15) is 39.6 Å². The Morgan fingerprint density at radius 2 is 2.23 bits per heavy atom. The number of allylic oxidation sites excluding steroid dienone is 1. The zero-order valence-electron chi connectivity index (χ0n) is 13.8. The molecule has 0 aliphatic heterocycles. The lowest BCUT2D eigenvalue weighted by Crippen LogP contribution is -2.28. The van der Waals surface area contributed by atoms with E-state index in [1.165, 1.54) is 4.88 Å². The second-order valence-electron chi connectivity index (χ2n) is 5.71. The molecule has 0 amide bonds. The number of thiophene rings is 1. The van der Waals surface area contributed by atoms with Crippen molar-refractivity contribution >= 4 is 17.1 Å². The molecule has 0 aliphatic rings. The predicted molar refractivity (Wildman–Crippen MR) is 93.8 cm³/mol. The van der Waals surface area contributed by atoms with Crippen LogP contribution >= 0.6 is 11.3 Å². The summed E-state index contributed by atoms with van der Waals surface area (Å²) in [5, 5.41) is 2.07. The summed E-state index contributed by atoms with van der Waals surface area (Å²) in [6, 6.07) is 6.41. The molecule has 118 valence electrons. The first-order valence-electron chi connectivity index (χ1n) is 7.50. The van der Waals surface area contributed by atoms with Gasteiger partial charge in [0.05, 0.1) is 6.54 Å². The number of carbonyl (C=O) groups excluding carboxylic acids is 1. The first kappa shape index (κ1) is 16.7. The predicted octanol–water partition coefficient (Wildman–Crippen LogP) is 4.23. The average molecular weight is 316 g/mol. The summed E-state index contributed by atoms with van der Waals surface area (Å²) in [6.07, 6.45) is 1.86. The second-order valence-corrected chi connectivity index (χ2v) is 6.69. The Hall–Kier alpha value is -1.65. The van der Waals surface area contributed by atoms with Crippen molar-refractivity contribution in [3.8, 4) is 0 Å². The standard InChI is InChI=1S/C18H24N2OS/c1-6-9-20-13(2)11-16(14(20)3)17(21)12-19(5)15(4)18-8-7-10-22-18/h6-8,10-11,15H,1,9,12H2,2-5H3. The number of carbonyl (C=O) groups is 1. The first-order chi connectivity index (χ1) is 10.5. The lowest BCUT2D eigenvalue weighted by Gasteiger charge is -2.23. The maximum absolute atomic E-state index is 12.6. The minimum Gasteiger partial charge on any atom is -0.345 e. The van der Waals surface area contributed by atoms with Gasteiger partial charge in [0.15, 0.2) is 5.78 Å². The fraction of sp³-hybridized carbons (Fsp3) is 0.389. The molecule has 4 heteroatoms. The summed E-state index contributed by atoms with van der Waals surface area (Å²) in [5.74, 6) is 0.175. The monoisotopic (exact) mass is 316 g/mol. The molecule has 0 spiro atoms. The smallest absolute Gasteiger partial charge is 0.178 e. The van der Waals surface area contributed by atoms with Gasteiger partial charge in [-0.25, -0.2) is 0 Å². The zero-order chi connectivity index (χ0) is 16.3. The van der Waals surface area contributed by atoms with Gasteiger partial charge in [-0.05, 0) is 45.3 Å². The SMILES string of the molecule is C=CCn1c(C)cc(C(=O)CN(C)C(C)c2cccs2)c1C. The van der Waals surface area contributed by atoms with Crippen LogP contribution in [0, 0.1) is 13.8 Å². The van der Waals surface area contributed by atoms with Crippen LogP contribution in [0.25, 0.3) is 0 Å². The number of aromatic nitrogens is 1. The van der Waals surface area contributed by atoms with Crippen molar-refractivity contribution in [1.82, 2.24) is 9.47 Å². The number of rotatable bonds is 7. The van der Waals surface area contributed by atoms with Crippen molar-refractivity contribution < 1.29 is 4.79 Å². The maximum atomic E-state index is 12.6. The summed E-state index contributed by atoms with van der Waals surface area (Å²) in [7, 11) is 2.01. The van der Waals surface area contributed by atoms with Gasteiger partial charge in [-0.3, -0.25) is 9.69 Å². The number of nitrogens with zero attached hydrogens (tertiary/aromatic N) is 2. The molecule has 2 rings (SSSR count). The minimum atomic E-state index is 0.175. The van der Waals surface area contributed by atoms with Gasteiger partial charge in [-0.2, -0.15) is 0 Å². The van der Waals surface area contributed by atoms with Crippen LogP contribution in [0.4, 0.5) is 0 Å². The highest BCUT2D eigenvalue weighted by Gasteiger charge is 2.20. The number of hydrogen-bond acceptors (Lipinski definition) is 3. The average Bonchev–Trinajstić information content (AvgIpc) is 3.10. The van der Waals surface area contributed by atoms with Gasteiger partial charge in [-0.1, -0.05) is 12.1 Å². The van der Waals surface area contributed by atoms with E-state index in [9.17, 15) is 4.79 Å². The molecule has 3 nitrogen and oxygen atoms in total. The molecule has 0 radical (unpaired) electrons. The van der Waals surface area contributed by atoms with Gasteiger partial charge in [0, 0.05) is 34.4 Å². The Kier molecular flexibility index (Phi) is 5.37. The van der Waals surface area contributed by atoms with Crippen molar-refractivity contribution in [3.63, 3.8) is 0 Å². The minimum absolute atomic E-state index is 0.175. The molecular formula is C18H24N2OS. The lowest BCUT2D eigenvalue weighted by atomic mass is 10.1. The van der Waals surface area contributed by atoms with E-state index in [-0.39, 0.29) is 11.8 Å². The van der Waals surface area contributed by atoms with Crippen molar-refractivity contribution in [2.24, 2.45) is 0 Å². The number of hydrogen-bond donors (Lipinski definition) is 0. The highest BCUT2D eigenvalue weighted by molar-refractivity contribution is 7.10. The second kappa shape index (κ2) is 7.07. The highest BCUT2D eigenvalue weighted by Crippen LogP contribution is 2.24. The number of aryl methyl sites for hydroxylation is 1. The third kappa shape index (κ3) is 3.39. The van der Waals surface area contributed by atoms with E-state index in [0.29, 0.717) is 6.54 Å². The number of ketones is 1. The van der Waals surface area contributed by atoms with Gasteiger partial charge in [-0.15, -0.1) is 17.9 Å². The Labute approximate surface area is 136 Å². The summed E-state index contributed by atoms with van der Waals surface area (Å²) >= 11 is 1.73. The molecule has 0 saturated carbocycles. The summed E-state index contributed by atoms with van der Waals surface area (Å²) in [5.41, 5.74) is 2.96. The molecular weight excluding hydrogens is 292 g/mol. The fourth-order valence-corrected chi connectivity index (χ4v) is 3.54. The molecule has 0 fully saturated rings. The van der Waals surface area contributed by atoms with Crippen LogP contribution in [0.3, 0.4) is 0 Å². The van der Waals surface area contributed by atoms with Crippen molar-refractivity contribution in [3.05, 3.63) is 58.1 Å². The van der Waals surface area contributed by atoms with Crippen LogP contribution in [0.5, 0.6) is 0 Å². The molecule has 1 unspecified atom stereocenters. The molecule has 0 N–H and O–H groups in total. The summed E-state index contributed by atoms with van der Waals surface area (Å²) in [4.78, 5) is 16.0. The van der Waals surface area contributed by atoms with Gasteiger partial charge in [0.1, 0.15) is 0 Å². The third-order valence-electron chi connectivity index (χ3n) is 4.19. The molecule has 0 bridgehead atoms. The van der Waals surface area contributed by atoms with Crippen LogP contribution in [-0.2, 0) is 6.54 Å². The van der Waals surface area contributed by atoms with Crippen molar-refractivity contribution in [2.45, 2.75) is 33.4 Å². The molecule has 2 aromatic rings. The van der Waals surface area contributed by atoms with E-state index in [4.69, 9.17) is 0 Å². The Morgan fingerprint density at radius 3 is 2.82 bits per heavy atom. The Balaban J connectivity index is 2.12. The van der Waals surface area contributed by atoms with Crippen LogP contribution < -0.4 is 0 Å². The van der Waals surface area contributed by atoms with E-state index in [1.807, 2.05) is 33.0 Å². The lowest BCUT2D eigenvalue weighted by molar-refractivity contribution is 0.0925. The van der Waals surface area contributed by atoms with Crippen molar-refractivity contribution in [2.75, 3.05) is 13.6 Å². The molecule has 2 heterocycles. The fourth-order valence-electron chi connectivity index (χ4n) is 2.69. The van der Waals surface area contributed by atoms with Crippen LogP contribution in [-0.4, -0.2) is 28.8 Å². The van der Waals surface area contributed by atoms with Gasteiger partial charge in [0.25, 0.3) is 0 Å². The quantitative estimate of drug-likeness (QED) is 0.564. The van der Waals surface area contributed by atoms with Crippen LogP contribution in [0.2, 0.25) is 0 Å². The summed E-state index contributed by atoms with van der Waals surface area (Å²) < 4.78 is 2.13. The van der Waals surface area contributed by atoms with Gasteiger partial charge >= 0.3 is 0 Å². The first-order valence-corrected chi connectivity index (χ1v) is 8.38. The molecule has 0 saturated heterocycles. The molecule has 0 aliphatic carbocycles. The van der Waals surface area contributed by atoms with E-state index < -0.39 is 0 Å².